The molecule has 0 aromatic carbocycles. The number of thiazole rings is 1. The van der Waals surface area contributed by atoms with Gasteiger partial charge in [-0.2, -0.15) is 5.10 Å². The third kappa shape index (κ3) is 1.86. The fraction of sp³-hybridized carbons (Fsp3) is 0.200. The van der Waals surface area contributed by atoms with E-state index >= 15 is 0 Å². The topological polar surface area (TPSA) is 88.5 Å². The molecule has 0 atom stereocenters. The highest BCUT2D eigenvalue weighted by Gasteiger charge is 2.07. The number of aromatic nitrogens is 5. The molecule has 3 heterocycles. The third-order valence-electron chi connectivity index (χ3n) is 2.55. The van der Waals surface area contributed by atoms with Crippen molar-refractivity contribution in [3.63, 3.8) is 0 Å². The molecule has 0 saturated carbocycles. The van der Waals surface area contributed by atoms with Gasteiger partial charge in [-0.1, -0.05) is 11.3 Å². The minimum absolute atomic E-state index is 0.0546. The van der Waals surface area contributed by atoms with Crippen LogP contribution in [-0.2, 0) is 13.6 Å². The van der Waals surface area contributed by atoms with Crippen LogP contribution in [0.25, 0.3) is 11.0 Å². The molecule has 3 aromatic rings. The molecule has 0 radical (unpaired) electrons. The molecule has 0 aliphatic carbocycles. The number of anilines is 1. The van der Waals surface area contributed by atoms with Crippen LogP contribution >= 0.6 is 11.3 Å². The van der Waals surface area contributed by atoms with Crippen LogP contribution in [0.15, 0.2) is 22.7 Å². The number of nitrogens with one attached hydrogen (secondary N) is 2. The van der Waals surface area contributed by atoms with Crippen LogP contribution in [0.3, 0.4) is 0 Å². The number of nitrogens with zero attached hydrogens (tertiary/aromatic N) is 4. The average Bonchev–Trinajstić information content (AvgIpc) is 2.94. The fourth-order valence-electron chi connectivity index (χ4n) is 1.68. The van der Waals surface area contributed by atoms with Crippen molar-refractivity contribution in [2.45, 2.75) is 6.54 Å². The summed E-state index contributed by atoms with van der Waals surface area (Å²) in [5, 5.41) is 9.94. The standard InChI is InChI=1S/C10H10N6OS/c1-16-9-7(3-14-16)8(12-5-13-9)11-2-6-4-18-10(17)15-6/h3-5H,2H2,1H3,(H,15,17)(H,11,12,13). The SMILES string of the molecule is Cn1ncc2c(NCc3csc(=O)[nH]3)ncnc21. The lowest BCUT2D eigenvalue weighted by Crippen LogP contribution is -2.04. The summed E-state index contributed by atoms with van der Waals surface area (Å²) in [6.07, 6.45) is 3.21. The third-order valence-corrected chi connectivity index (χ3v) is 3.27. The van der Waals surface area contributed by atoms with Gasteiger partial charge in [-0.25, -0.2) is 9.97 Å². The zero-order valence-corrected chi connectivity index (χ0v) is 10.4. The zero-order chi connectivity index (χ0) is 12.5. The number of H-pyrrole nitrogens is 1. The first-order valence-corrected chi connectivity index (χ1v) is 6.15. The number of aryl methyl sites for hydroxylation is 1. The van der Waals surface area contributed by atoms with Gasteiger partial charge >= 0.3 is 4.87 Å². The Labute approximate surface area is 106 Å². The van der Waals surface area contributed by atoms with Crippen LogP contribution in [0.2, 0.25) is 0 Å². The van der Waals surface area contributed by atoms with Gasteiger partial charge in [0.25, 0.3) is 0 Å². The van der Waals surface area contributed by atoms with Gasteiger partial charge in [0, 0.05) is 18.1 Å². The smallest absolute Gasteiger partial charge is 0.304 e. The second-order valence-electron chi connectivity index (χ2n) is 3.75. The maximum Gasteiger partial charge on any atom is 0.304 e. The largest absolute Gasteiger partial charge is 0.364 e. The second-order valence-corrected chi connectivity index (χ2v) is 4.60. The molecular formula is C10H10N6OS. The molecule has 0 bridgehead atoms. The summed E-state index contributed by atoms with van der Waals surface area (Å²) in [5.41, 5.74) is 1.60. The van der Waals surface area contributed by atoms with Crippen LogP contribution in [0.5, 0.6) is 0 Å². The Bertz CT molecular complexity index is 742. The van der Waals surface area contributed by atoms with Gasteiger partial charge in [0.05, 0.1) is 18.1 Å². The first kappa shape index (κ1) is 10.9. The highest BCUT2D eigenvalue weighted by molar-refractivity contribution is 7.07. The molecule has 0 fully saturated rings. The van der Waals surface area contributed by atoms with Crippen molar-refractivity contribution in [2.24, 2.45) is 7.05 Å². The molecule has 92 valence electrons. The van der Waals surface area contributed by atoms with Gasteiger partial charge < -0.3 is 10.3 Å². The van der Waals surface area contributed by atoms with E-state index in [1.54, 1.807) is 16.3 Å². The summed E-state index contributed by atoms with van der Waals surface area (Å²) < 4.78 is 1.69. The highest BCUT2D eigenvalue weighted by Crippen LogP contribution is 2.18. The van der Waals surface area contributed by atoms with Gasteiger partial charge in [0.2, 0.25) is 0 Å². The van der Waals surface area contributed by atoms with E-state index in [1.807, 2.05) is 7.05 Å². The Kier molecular flexibility index (Phi) is 2.56. The van der Waals surface area contributed by atoms with Crippen molar-refractivity contribution in [1.82, 2.24) is 24.7 Å². The summed E-state index contributed by atoms with van der Waals surface area (Å²) in [6.45, 7) is 0.514. The number of hydrogen-bond acceptors (Lipinski definition) is 6. The molecule has 0 aliphatic rings. The molecule has 7 nitrogen and oxygen atoms in total. The molecule has 0 unspecified atom stereocenters. The molecule has 8 heteroatoms. The van der Waals surface area contributed by atoms with E-state index in [1.165, 1.54) is 6.33 Å². The van der Waals surface area contributed by atoms with Crippen LogP contribution in [0.1, 0.15) is 5.69 Å². The summed E-state index contributed by atoms with van der Waals surface area (Å²) in [5.74, 6) is 0.708. The zero-order valence-electron chi connectivity index (χ0n) is 9.54. The van der Waals surface area contributed by atoms with Gasteiger partial charge in [-0.05, 0) is 0 Å². The lowest BCUT2D eigenvalue weighted by molar-refractivity contribution is 0.785. The van der Waals surface area contributed by atoms with Crippen molar-refractivity contribution in [2.75, 3.05) is 5.32 Å². The van der Waals surface area contributed by atoms with Crippen LogP contribution in [0, 0.1) is 0 Å². The Balaban J connectivity index is 1.88. The van der Waals surface area contributed by atoms with E-state index in [0.29, 0.717) is 12.4 Å². The van der Waals surface area contributed by atoms with E-state index in [2.05, 4.69) is 25.4 Å². The molecule has 3 aromatic heterocycles. The van der Waals surface area contributed by atoms with E-state index in [-0.39, 0.29) is 4.87 Å². The molecule has 3 rings (SSSR count). The van der Waals surface area contributed by atoms with Crippen molar-refractivity contribution in [1.29, 1.82) is 0 Å². The van der Waals surface area contributed by atoms with E-state index in [4.69, 9.17) is 0 Å². The second kappa shape index (κ2) is 4.22. The Hall–Kier alpha value is -2.22. The Morgan fingerprint density at radius 1 is 1.50 bits per heavy atom. The molecule has 18 heavy (non-hydrogen) atoms. The predicted molar refractivity (Wildman–Crippen MR) is 68.6 cm³/mol. The molecule has 2 N–H and O–H groups in total. The van der Waals surface area contributed by atoms with Crippen LogP contribution in [-0.4, -0.2) is 24.7 Å². The first-order chi connectivity index (χ1) is 8.74. The fourth-order valence-corrected chi connectivity index (χ4v) is 2.26. The minimum atomic E-state index is -0.0546. The lowest BCUT2D eigenvalue weighted by Gasteiger charge is -2.04. The van der Waals surface area contributed by atoms with Crippen molar-refractivity contribution >= 4 is 28.2 Å². The molecule has 0 spiro atoms. The van der Waals surface area contributed by atoms with E-state index < -0.39 is 0 Å². The van der Waals surface area contributed by atoms with Crippen LogP contribution < -0.4 is 10.2 Å². The van der Waals surface area contributed by atoms with E-state index in [0.717, 1.165) is 28.1 Å². The maximum absolute atomic E-state index is 11.0. The average molecular weight is 262 g/mol. The van der Waals surface area contributed by atoms with Gasteiger partial charge in [0.15, 0.2) is 5.65 Å². The number of rotatable bonds is 3. The molecule has 0 amide bonds. The quantitative estimate of drug-likeness (QED) is 0.726. The van der Waals surface area contributed by atoms with Crippen LogP contribution in [0.4, 0.5) is 5.82 Å². The van der Waals surface area contributed by atoms with Crippen molar-refractivity contribution in [3.8, 4) is 0 Å². The van der Waals surface area contributed by atoms with Crippen molar-refractivity contribution in [3.05, 3.63) is 33.3 Å². The lowest BCUT2D eigenvalue weighted by atomic mass is 10.4. The highest BCUT2D eigenvalue weighted by atomic mass is 32.1. The molecule has 0 saturated heterocycles. The monoisotopic (exact) mass is 262 g/mol. The maximum atomic E-state index is 11.0. The number of hydrogen-bond donors (Lipinski definition) is 2. The van der Waals surface area contributed by atoms with Crippen molar-refractivity contribution < 1.29 is 0 Å². The summed E-state index contributed by atoms with van der Waals surface area (Å²) in [6, 6.07) is 0. The summed E-state index contributed by atoms with van der Waals surface area (Å²) in [4.78, 5) is 22.0. The normalized spacial score (nSPS) is 10.9. The Morgan fingerprint density at radius 2 is 2.39 bits per heavy atom. The minimum Gasteiger partial charge on any atom is -0.364 e. The number of fused-ring (bicyclic) bond motifs is 1. The Morgan fingerprint density at radius 3 is 3.17 bits per heavy atom. The number of aromatic amines is 1. The van der Waals surface area contributed by atoms with Gasteiger partial charge in [0.1, 0.15) is 12.1 Å². The molecule has 0 aliphatic heterocycles. The summed E-state index contributed by atoms with van der Waals surface area (Å²) >= 11 is 1.15. The van der Waals surface area contributed by atoms with E-state index in [9.17, 15) is 4.79 Å². The first-order valence-electron chi connectivity index (χ1n) is 5.27. The predicted octanol–water partition coefficient (Wildman–Crippen LogP) is 0.725. The molecular weight excluding hydrogens is 252 g/mol. The summed E-state index contributed by atoms with van der Waals surface area (Å²) in [7, 11) is 1.83. The van der Waals surface area contributed by atoms with Gasteiger partial charge in [-0.15, -0.1) is 0 Å². The van der Waals surface area contributed by atoms with Gasteiger partial charge in [-0.3, -0.25) is 9.48 Å².